The molecule has 3 nitrogen and oxygen atoms in total. The Morgan fingerprint density at radius 1 is 1.33 bits per heavy atom. The molecule has 0 unspecified atom stereocenters. The summed E-state index contributed by atoms with van der Waals surface area (Å²) in [6.07, 6.45) is 2.73. The molecule has 0 saturated heterocycles. The lowest BCUT2D eigenvalue weighted by atomic mass is 10.1. The lowest BCUT2D eigenvalue weighted by Gasteiger charge is -2.14. The molecule has 1 aliphatic rings. The summed E-state index contributed by atoms with van der Waals surface area (Å²) in [6.45, 7) is 0.330. The van der Waals surface area contributed by atoms with E-state index >= 15 is 0 Å². The summed E-state index contributed by atoms with van der Waals surface area (Å²) in [5, 5.41) is 0. The second-order valence-corrected chi connectivity index (χ2v) is 6.81. The van der Waals surface area contributed by atoms with Gasteiger partial charge in [0.25, 0.3) is 0 Å². The normalized spacial score (nSPS) is 17.7. The van der Waals surface area contributed by atoms with Crippen molar-refractivity contribution in [1.29, 1.82) is 0 Å². The first-order valence-electron chi connectivity index (χ1n) is 5.79. The van der Waals surface area contributed by atoms with Crippen LogP contribution < -0.4 is 4.72 Å². The smallest absolute Gasteiger partial charge is 0.211 e. The molecular weight excluding hydrogens is 277 g/mol. The van der Waals surface area contributed by atoms with Gasteiger partial charge in [0.05, 0.1) is 0 Å². The number of hydrogen-bond donors (Lipinski definition) is 1. The largest absolute Gasteiger partial charge is 0.243 e. The summed E-state index contributed by atoms with van der Waals surface area (Å²) in [7, 11) is -3.77. The van der Waals surface area contributed by atoms with Crippen molar-refractivity contribution in [2.75, 3.05) is 12.4 Å². The maximum absolute atomic E-state index is 13.4. The van der Waals surface area contributed by atoms with Crippen LogP contribution in [0.4, 0.5) is 4.39 Å². The summed E-state index contributed by atoms with van der Waals surface area (Å²) in [6, 6.07) is 5.37. The molecule has 0 aromatic heterocycles. The highest BCUT2D eigenvalue weighted by molar-refractivity contribution is 7.89. The summed E-state index contributed by atoms with van der Waals surface area (Å²) < 4.78 is 39.8. The molecule has 0 atom stereocenters. The van der Waals surface area contributed by atoms with Gasteiger partial charge in [-0.1, -0.05) is 12.1 Å². The zero-order chi connectivity index (χ0) is 13.2. The van der Waals surface area contributed by atoms with Gasteiger partial charge < -0.3 is 0 Å². The molecule has 0 spiro atoms. The molecule has 0 bridgehead atoms. The minimum absolute atomic E-state index is 0.0138. The Kier molecular flexibility index (Phi) is 3.94. The van der Waals surface area contributed by atoms with Crippen LogP contribution in [0.5, 0.6) is 0 Å². The van der Waals surface area contributed by atoms with E-state index in [1.165, 1.54) is 18.2 Å². The summed E-state index contributed by atoms with van der Waals surface area (Å²) >= 11 is 5.68. The minimum atomic E-state index is -3.77. The number of rotatable bonds is 6. The number of benzene rings is 1. The fraction of sp³-hybridized carbons (Fsp3) is 0.500. The van der Waals surface area contributed by atoms with Crippen molar-refractivity contribution in [1.82, 2.24) is 4.72 Å². The molecule has 1 aromatic rings. The number of alkyl halides is 1. The maximum Gasteiger partial charge on any atom is 0.243 e. The Hall–Kier alpha value is -0.650. The molecule has 6 heteroatoms. The fourth-order valence-electron chi connectivity index (χ4n) is 1.88. The van der Waals surface area contributed by atoms with E-state index in [0.717, 1.165) is 25.3 Å². The van der Waals surface area contributed by atoms with Crippen molar-refractivity contribution in [3.8, 4) is 0 Å². The van der Waals surface area contributed by atoms with E-state index in [4.69, 9.17) is 11.6 Å². The molecule has 1 N–H and O–H groups in total. The van der Waals surface area contributed by atoms with Crippen molar-refractivity contribution < 1.29 is 12.8 Å². The van der Waals surface area contributed by atoms with Crippen molar-refractivity contribution >= 4 is 21.6 Å². The highest BCUT2D eigenvalue weighted by Gasteiger charge is 2.42. The van der Waals surface area contributed by atoms with E-state index < -0.39 is 15.8 Å². The lowest BCUT2D eigenvalue weighted by molar-refractivity contribution is 0.476. The molecule has 1 saturated carbocycles. The molecule has 0 aliphatic heterocycles. The third-order valence-corrected chi connectivity index (χ3v) is 4.97. The van der Waals surface area contributed by atoms with Gasteiger partial charge in [0, 0.05) is 12.4 Å². The van der Waals surface area contributed by atoms with Crippen LogP contribution in [0.25, 0.3) is 0 Å². The van der Waals surface area contributed by atoms with Crippen molar-refractivity contribution in [3.05, 3.63) is 30.1 Å². The molecular formula is C12H15ClFNO2S. The van der Waals surface area contributed by atoms with E-state index in [1.807, 2.05) is 0 Å². The van der Waals surface area contributed by atoms with Crippen LogP contribution in [0.15, 0.2) is 29.2 Å². The highest BCUT2D eigenvalue weighted by Crippen LogP contribution is 2.48. The molecule has 100 valence electrons. The third-order valence-electron chi connectivity index (χ3n) is 3.35. The van der Waals surface area contributed by atoms with Gasteiger partial charge in [-0.25, -0.2) is 17.5 Å². The van der Waals surface area contributed by atoms with Crippen molar-refractivity contribution in [3.63, 3.8) is 0 Å². The first-order chi connectivity index (χ1) is 8.49. The van der Waals surface area contributed by atoms with Crippen LogP contribution in [-0.2, 0) is 10.0 Å². The molecule has 18 heavy (non-hydrogen) atoms. The molecule has 0 heterocycles. The second kappa shape index (κ2) is 5.15. The average molecular weight is 292 g/mol. The first-order valence-corrected chi connectivity index (χ1v) is 7.81. The van der Waals surface area contributed by atoms with Crippen LogP contribution in [-0.4, -0.2) is 20.8 Å². The minimum Gasteiger partial charge on any atom is -0.211 e. The number of nitrogens with one attached hydrogen (secondary N) is 1. The molecule has 1 fully saturated rings. The van der Waals surface area contributed by atoms with E-state index in [9.17, 15) is 12.8 Å². The zero-order valence-corrected chi connectivity index (χ0v) is 11.4. The number of hydrogen-bond acceptors (Lipinski definition) is 2. The van der Waals surface area contributed by atoms with Gasteiger partial charge in [0.15, 0.2) is 0 Å². The predicted molar refractivity (Wildman–Crippen MR) is 68.6 cm³/mol. The quantitative estimate of drug-likeness (QED) is 0.819. The van der Waals surface area contributed by atoms with Gasteiger partial charge in [-0.15, -0.1) is 11.6 Å². The van der Waals surface area contributed by atoms with E-state index in [-0.39, 0.29) is 10.3 Å². The van der Waals surface area contributed by atoms with Crippen molar-refractivity contribution in [2.24, 2.45) is 5.41 Å². The average Bonchev–Trinajstić information content (AvgIpc) is 3.08. The Labute approximate surface area is 111 Å². The summed E-state index contributed by atoms with van der Waals surface area (Å²) in [4.78, 5) is -0.299. The Morgan fingerprint density at radius 3 is 2.56 bits per heavy atom. The second-order valence-electron chi connectivity index (χ2n) is 4.69. The number of halogens is 2. The SMILES string of the molecule is O=S(=O)(NCC1(CCCl)CC1)c1ccccc1F. The van der Waals surface area contributed by atoms with Crippen molar-refractivity contribution in [2.45, 2.75) is 24.2 Å². The lowest BCUT2D eigenvalue weighted by Crippen LogP contribution is -2.31. The maximum atomic E-state index is 13.4. The highest BCUT2D eigenvalue weighted by atomic mass is 35.5. The Morgan fingerprint density at radius 2 is 2.00 bits per heavy atom. The molecule has 2 rings (SSSR count). The van der Waals surface area contributed by atoms with Gasteiger partial charge in [0.2, 0.25) is 10.0 Å². The van der Waals surface area contributed by atoms with Gasteiger partial charge in [-0.3, -0.25) is 0 Å². The topological polar surface area (TPSA) is 46.2 Å². The standard InChI is InChI=1S/C12H15ClFNO2S/c13-8-7-12(5-6-12)9-15-18(16,17)11-4-2-1-3-10(11)14/h1-4,15H,5-9H2. The van der Waals surface area contributed by atoms with Crippen LogP contribution in [0.1, 0.15) is 19.3 Å². The molecule has 0 radical (unpaired) electrons. The van der Waals surface area contributed by atoms with E-state index in [2.05, 4.69) is 4.72 Å². The van der Waals surface area contributed by atoms with Gasteiger partial charge in [-0.2, -0.15) is 0 Å². The van der Waals surface area contributed by atoms with Gasteiger partial charge >= 0.3 is 0 Å². The van der Waals surface area contributed by atoms with E-state index in [0.29, 0.717) is 12.4 Å². The molecule has 1 aliphatic carbocycles. The summed E-state index contributed by atoms with van der Waals surface area (Å²) in [5.74, 6) is -0.214. The summed E-state index contributed by atoms with van der Waals surface area (Å²) in [5.41, 5.74) is -0.0138. The first kappa shape index (κ1) is 13.8. The van der Waals surface area contributed by atoms with Gasteiger partial charge in [-0.05, 0) is 36.8 Å². The van der Waals surface area contributed by atoms with Crippen LogP contribution >= 0.6 is 11.6 Å². The third kappa shape index (κ3) is 3.02. The fourth-order valence-corrected chi connectivity index (χ4v) is 3.52. The van der Waals surface area contributed by atoms with Crippen LogP contribution in [0, 0.1) is 11.2 Å². The zero-order valence-electron chi connectivity index (χ0n) is 9.83. The Bertz CT molecular complexity index is 529. The Balaban J connectivity index is 2.07. The monoisotopic (exact) mass is 291 g/mol. The molecule has 1 aromatic carbocycles. The van der Waals surface area contributed by atoms with Crippen LogP contribution in [0.3, 0.4) is 0 Å². The van der Waals surface area contributed by atoms with E-state index in [1.54, 1.807) is 0 Å². The van der Waals surface area contributed by atoms with Crippen LogP contribution in [0.2, 0.25) is 0 Å². The predicted octanol–water partition coefficient (Wildman–Crippen LogP) is 2.51. The number of sulfonamides is 1. The molecule has 0 amide bonds. The van der Waals surface area contributed by atoms with Gasteiger partial charge in [0.1, 0.15) is 10.7 Å².